The van der Waals surface area contributed by atoms with E-state index >= 15 is 0 Å². The Bertz CT molecular complexity index is 1420. The number of pyridine rings is 2. The van der Waals surface area contributed by atoms with Gasteiger partial charge in [-0.2, -0.15) is 5.10 Å². The van der Waals surface area contributed by atoms with E-state index in [-0.39, 0.29) is 0 Å². The zero-order valence-corrected chi connectivity index (χ0v) is 17.3. The number of hydrogen-bond acceptors (Lipinski definition) is 5. The van der Waals surface area contributed by atoms with Crippen LogP contribution in [0.15, 0.2) is 48.9 Å². The van der Waals surface area contributed by atoms with E-state index in [4.69, 9.17) is 0 Å². The lowest BCUT2D eigenvalue weighted by atomic mass is 10.0. The third-order valence-electron chi connectivity index (χ3n) is 5.66. The predicted octanol–water partition coefficient (Wildman–Crippen LogP) is 4.91. The number of H-pyrrole nitrogens is 2. The van der Waals surface area contributed by atoms with Gasteiger partial charge in [-0.3, -0.25) is 10.1 Å². The van der Waals surface area contributed by atoms with Crippen LogP contribution in [0.5, 0.6) is 0 Å². The quantitative estimate of drug-likeness (QED) is 0.393. The van der Waals surface area contributed by atoms with Gasteiger partial charge in [-0.1, -0.05) is 6.08 Å². The van der Waals surface area contributed by atoms with Crippen molar-refractivity contribution in [3.05, 3.63) is 59.4 Å². The molecule has 0 aliphatic carbocycles. The molecular weight excluding hydrogens is 392 g/mol. The van der Waals surface area contributed by atoms with E-state index in [2.05, 4.69) is 67.7 Å². The molecule has 5 aromatic rings. The van der Waals surface area contributed by atoms with Crippen LogP contribution in [0, 0.1) is 6.92 Å². The van der Waals surface area contributed by atoms with Crippen LogP contribution in [-0.4, -0.2) is 38.2 Å². The van der Waals surface area contributed by atoms with Crippen LogP contribution in [0.4, 0.5) is 0 Å². The minimum Gasteiger partial charge on any atom is -0.352 e. The number of aryl methyl sites for hydroxylation is 1. The van der Waals surface area contributed by atoms with Crippen molar-refractivity contribution in [1.82, 2.24) is 30.5 Å². The van der Waals surface area contributed by atoms with Gasteiger partial charge in [0.05, 0.1) is 17.4 Å². The summed E-state index contributed by atoms with van der Waals surface area (Å²) in [6.07, 6.45) is 9.02. The van der Waals surface area contributed by atoms with Crippen LogP contribution < -0.4 is 5.32 Å². The third kappa shape index (κ3) is 2.86. The highest BCUT2D eigenvalue weighted by Gasteiger charge is 2.16. The van der Waals surface area contributed by atoms with Crippen molar-refractivity contribution < 1.29 is 0 Å². The maximum Gasteiger partial charge on any atom is 0.155 e. The fourth-order valence-electron chi connectivity index (χ4n) is 4.12. The van der Waals surface area contributed by atoms with Crippen molar-refractivity contribution in [3.8, 4) is 21.8 Å². The van der Waals surface area contributed by atoms with Crippen molar-refractivity contribution >= 4 is 38.8 Å². The van der Waals surface area contributed by atoms with E-state index in [0.29, 0.717) is 0 Å². The second-order valence-electron chi connectivity index (χ2n) is 7.62. The topological polar surface area (TPSA) is 82.3 Å². The van der Waals surface area contributed by atoms with Gasteiger partial charge in [-0.05, 0) is 55.3 Å². The van der Waals surface area contributed by atoms with Crippen LogP contribution in [-0.2, 0) is 0 Å². The fraction of sp³-hybridized carbons (Fsp3) is 0.174. The number of nitrogens with one attached hydrogen (secondary N) is 3. The van der Waals surface area contributed by atoms with Crippen LogP contribution in [0.1, 0.15) is 16.9 Å². The summed E-state index contributed by atoms with van der Waals surface area (Å²) in [7, 11) is 0. The summed E-state index contributed by atoms with van der Waals surface area (Å²) in [4.78, 5) is 15.1. The molecule has 0 amide bonds. The summed E-state index contributed by atoms with van der Waals surface area (Å²) in [6.45, 7) is 4.04. The van der Waals surface area contributed by atoms with Crippen molar-refractivity contribution in [2.75, 3.05) is 13.1 Å². The number of aromatic nitrogens is 5. The minimum atomic E-state index is 0.800. The normalized spacial score (nSPS) is 14.5. The molecule has 0 unspecified atom stereocenters. The highest BCUT2D eigenvalue weighted by Crippen LogP contribution is 2.36. The second kappa shape index (κ2) is 6.90. The summed E-state index contributed by atoms with van der Waals surface area (Å²) >= 11 is 1.79. The van der Waals surface area contributed by atoms with E-state index in [1.807, 2.05) is 18.6 Å². The third-order valence-corrected chi connectivity index (χ3v) is 6.69. The van der Waals surface area contributed by atoms with E-state index in [1.54, 1.807) is 11.3 Å². The largest absolute Gasteiger partial charge is 0.352 e. The Morgan fingerprint density at radius 3 is 2.87 bits per heavy atom. The maximum atomic E-state index is 4.62. The van der Waals surface area contributed by atoms with Gasteiger partial charge in [-0.15, -0.1) is 11.3 Å². The molecule has 0 radical (unpaired) electrons. The molecule has 6 heterocycles. The SMILES string of the molecule is Cc1ccc(-c2cncc3[nH]c(-c4n[nH]c5ncc(C6=CCNCC6)cc45)cc23)s1. The van der Waals surface area contributed by atoms with Gasteiger partial charge in [-0.25, -0.2) is 4.98 Å². The predicted molar refractivity (Wildman–Crippen MR) is 122 cm³/mol. The van der Waals surface area contributed by atoms with Crippen LogP contribution >= 0.6 is 11.3 Å². The zero-order valence-electron chi connectivity index (χ0n) is 16.5. The average Bonchev–Trinajstić information content (AvgIpc) is 3.51. The van der Waals surface area contributed by atoms with Crippen molar-refractivity contribution in [3.63, 3.8) is 0 Å². The molecule has 6 rings (SSSR count). The summed E-state index contributed by atoms with van der Waals surface area (Å²) in [6, 6.07) is 8.69. The summed E-state index contributed by atoms with van der Waals surface area (Å²) in [5.41, 5.74) is 7.32. The molecule has 3 N–H and O–H groups in total. The van der Waals surface area contributed by atoms with E-state index in [0.717, 1.165) is 58.4 Å². The highest BCUT2D eigenvalue weighted by molar-refractivity contribution is 7.15. The molecule has 0 atom stereocenters. The first-order chi connectivity index (χ1) is 14.8. The number of fused-ring (bicyclic) bond motifs is 2. The van der Waals surface area contributed by atoms with Crippen LogP contribution in [0.3, 0.4) is 0 Å². The molecule has 0 aromatic carbocycles. The Morgan fingerprint density at radius 2 is 2.03 bits per heavy atom. The van der Waals surface area contributed by atoms with Gasteiger partial charge >= 0.3 is 0 Å². The van der Waals surface area contributed by atoms with Gasteiger partial charge in [0, 0.05) is 45.0 Å². The van der Waals surface area contributed by atoms with Crippen molar-refractivity contribution in [2.24, 2.45) is 0 Å². The molecule has 1 aliphatic heterocycles. The molecule has 0 bridgehead atoms. The van der Waals surface area contributed by atoms with Crippen LogP contribution in [0.2, 0.25) is 0 Å². The number of nitrogens with zero attached hydrogens (tertiary/aromatic N) is 3. The molecule has 0 saturated heterocycles. The van der Waals surface area contributed by atoms with Gasteiger partial charge in [0.2, 0.25) is 0 Å². The Morgan fingerprint density at radius 1 is 1.07 bits per heavy atom. The van der Waals surface area contributed by atoms with Gasteiger partial charge in [0.25, 0.3) is 0 Å². The average molecular weight is 413 g/mol. The number of thiophene rings is 1. The molecule has 0 fully saturated rings. The number of aromatic amines is 2. The number of rotatable bonds is 3. The summed E-state index contributed by atoms with van der Waals surface area (Å²) < 4.78 is 0. The monoisotopic (exact) mass is 412 g/mol. The van der Waals surface area contributed by atoms with Gasteiger partial charge in [0.15, 0.2) is 5.65 Å². The molecule has 5 aromatic heterocycles. The first-order valence-corrected chi connectivity index (χ1v) is 10.9. The molecule has 1 aliphatic rings. The molecule has 0 spiro atoms. The summed E-state index contributed by atoms with van der Waals surface area (Å²) in [5.74, 6) is 0. The molecule has 0 saturated carbocycles. The van der Waals surface area contributed by atoms with E-state index < -0.39 is 0 Å². The Balaban J connectivity index is 1.49. The molecule has 30 heavy (non-hydrogen) atoms. The highest BCUT2D eigenvalue weighted by atomic mass is 32.1. The lowest BCUT2D eigenvalue weighted by Crippen LogP contribution is -2.20. The fourth-order valence-corrected chi connectivity index (χ4v) is 5.02. The summed E-state index contributed by atoms with van der Waals surface area (Å²) in [5, 5.41) is 13.2. The lowest BCUT2D eigenvalue weighted by molar-refractivity contribution is 0.738. The van der Waals surface area contributed by atoms with Crippen molar-refractivity contribution in [1.29, 1.82) is 0 Å². The van der Waals surface area contributed by atoms with E-state index in [1.165, 1.54) is 20.9 Å². The molecular formula is C23H20N6S. The standard InChI is InChI=1S/C23H20N6S/c1-13-2-3-21(30-13)18-11-25-12-20-16(18)9-19(27-20)22-17-8-15(10-26-23(17)29-28-22)14-4-6-24-7-5-14/h2-4,8-12,24,27H,5-7H2,1H3,(H,26,28,29). The zero-order chi connectivity index (χ0) is 20.1. The van der Waals surface area contributed by atoms with Gasteiger partial charge in [0.1, 0.15) is 5.69 Å². The first kappa shape index (κ1) is 17.6. The second-order valence-corrected chi connectivity index (χ2v) is 8.91. The van der Waals surface area contributed by atoms with Crippen LogP contribution in [0.25, 0.3) is 49.3 Å². The lowest BCUT2D eigenvalue weighted by Gasteiger charge is -2.13. The van der Waals surface area contributed by atoms with Gasteiger partial charge < -0.3 is 10.3 Å². The Labute approximate surface area is 177 Å². The van der Waals surface area contributed by atoms with Crippen molar-refractivity contribution in [2.45, 2.75) is 13.3 Å². The Hall–Kier alpha value is -3.29. The van der Waals surface area contributed by atoms with E-state index in [9.17, 15) is 0 Å². The maximum absolute atomic E-state index is 4.62. The molecule has 148 valence electrons. The minimum absolute atomic E-state index is 0.800. The smallest absolute Gasteiger partial charge is 0.155 e. The Kier molecular flexibility index (Phi) is 4.04. The molecule has 7 heteroatoms. The molecule has 6 nitrogen and oxygen atoms in total. The number of hydrogen-bond donors (Lipinski definition) is 3. The first-order valence-electron chi connectivity index (χ1n) is 10.0.